The van der Waals surface area contributed by atoms with Gasteiger partial charge in [-0.25, -0.2) is 0 Å². The van der Waals surface area contributed by atoms with Crippen LogP contribution in [0, 0.1) is 0 Å². The molecule has 0 saturated carbocycles. The van der Waals surface area contributed by atoms with E-state index in [1.165, 1.54) is 50.2 Å². The Morgan fingerprint density at radius 3 is 2.48 bits per heavy atom. The average Bonchev–Trinajstić information content (AvgIpc) is 2.71. The first kappa shape index (κ1) is 25.2. The van der Waals surface area contributed by atoms with Crippen molar-refractivity contribution in [3.8, 4) is 0 Å². The zero-order chi connectivity index (χ0) is 21.2. The van der Waals surface area contributed by atoms with Crippen LogP contribution < -0.4 is 0 Å². The van der Waals surface area contributed by atoms with Crippen LogP contribution in [0.4, 0.5) is 0 Å². The number of hydrogen-bond acceptors (Lipinski definition) is 3. The van der Waals surface area contributed by atoms with Gasteiger partial charge in [0, 0.05) is 13.5 Å². The van der Waals surface area contributed by atoms with Gasteiger partial charge in [-0.3, -0.25) is 4.79 Å². The second-order valence-corrected chi connectivity index (χ2v) is 7.68. The quantitative estimate of drug-likeness (QED) is 0.192. The minimum Gasteiger partial charge on any atom is -0.458 e. The highest BCUT2D eigenvalue weighted by molar-refractivity contribution is 5.66. The van der Waals surface area contributed by atoms with Gasteiger partial charge in [-0.05, 0) is 49.3 Å². The van der Waals surface area contributed by atoms with Crippen LogP contribution in [-0.2, 0) is 16.0 Å². The van der Waals surface area contributed by atoms with Crippen molar-refractivity contribution in [3.05, 3.63) is 53.6 Å². The SMILES string of the molecule is CCCCCCCCC(/C=C/C=C/c1ccccc1CCCCCO)OC(C)=O. The van der Waals surface area contributed by atoms with Gasteiger partial charge in [0.1, 0.15) is 6.10 Å². The molecule has 0 bridgehead atoms. The molecule has 0 spiro atoms. The van der Waals surface area contributed by atoms with Gasteiger partial charge in [0.15, 0.2) is 0 Å². The van der Waals surface area contributed by atoms with Crippen LogP contribution in [0.5, 0.6) is 0 Å². The number of benzene rings is 1. The second kappa shape index (κ2) is 17.0. The first-order valence-corrected chi connectivity index (χ1v) is 11.4. The minimum atomic E-state index is -0.220. The zero-order valence-electron chi connectivity index (χ0n) is 18.4. The number of rotatable bonds is 16. The topological polar surface area (TPSA) is 46.5 Å². The first-order valence-electron chi connectivity index (χ1n) is 11.4. The summed E-state index contributed by atoms with van der Waals surface area (Å²) in [7, 11) is 0. The van der Waals surface area contributed by atoms with Crippen LogP contribution in [-0.4, -0.2) is 23.8 Å². The van der Waals surface area contributed by atoms with Crippen LogP contribution >= 0.6 is 0 Å². The second-order valence-electron chi connectivity index (χ2n) is 7.68. The van der Waals surface area contributed by atoms with E-state index in [1.807, 2.05) is 18.2 Å². The summed E-state index contributed by atoms with van der Waals surface area (Å²) in [5, 5.41) is 8.91. The third kappa shape index (κ3) is 13.1. The van der Waals surface area contributed by atoms with Gasteiger partial charge in [0.25, 0.3) is 0 Å². The summed E-state index contributed by atoms with van der Waals surface area (Å²) in [6, 6.07) is 8.43. The number of aryl methyl sites for hydroxylation is 1. The highest BCUT2D eigenvalue weighted by Crippen LogP contribution is 2.15. The molecule has 0 amide bonds. The molecule has 0 aliphatic carbocycles. The molecule has 0 aliphatic heterocycles. The van der Waals surface area contributed by atoms with Crippen molar-refractivity contribution in [1.82, 2.24) is 0 Å². The van der Waals surface area contributed by atoms with E-state index in [0.29, 0.717) is 0 Å². The maximum Gasteiger partial charge on any atom is 0.303 e. The Morgan fingerprint density at radius 2 is 1.72 bits per heavy atom. The van der Waals surface area contributed by atoms with E-state index in [9.17, 15) is 4.79 Å². The highest BCUT2D eigenvalue weighted by Gasteiger charge is 2.07. The lowest BCUT2D eigenvalue weighted by molar-refractivity contribution is -0.144. The summed E-state index contributed by atoms with van der Waals surface area (Å²) in [6.45, 7) is 3.98. The van der Waals surface area contributed by atoms with Crippen molar-refractivity contribution < 1.29 is 14.6 Å². The highest BCUT2D eigenvalue weighted by atomic mass is 16.5. The normalized spacial score (nSPS) is 12.7. The number of esters is 1. The van der Waals surface area contributed by atoms with Crippen LogP contribution in [0.2, 0.25) is 0 Å². The first-order chi connectivity index (χ1) is 14.2. The van der Waals surface area contributed by atoms with E-state index in [4.69, 9.17) is 9.84 Å². The number of aliphatic hydroxyl groups excluding tert-OH is 1. The zero-order valence-corrected chi connectivity index (χ0v) is 18.4. The summed E-state index contributed by atoms with van der Waals surface area (Å²) in [5.41, 5.74) is 2.56. The number of carbonyl (C=O) groups excluding carboxylic acids is 1. The lowest BCUT2D eigenvalue weighted by Gasteiger charge is -2.12. The van der Waals surface area contributed by atoms with Gasteiger partial charge in [-0.2, -0.15) is 0 Å². The molecule has 0 aliphatic rings. The Labute approximate surface area is 177 Å². The Morgan fingerprint density at radius 1 is 1.00 bits per heavy atom. The fourth-order valence-corrected chi connectivity index (χ4v) is 3.41. The van der Waals surface area contributed by atoms with E-state index in [-0.39, 0.29) is 18.7 Å². The molecule has 1 unspecified atom stereocenters. The van der Waals surface area contributed by atoms with Crippen molar-refractivity contribution in [3.63, 3.8) is 0 Å². The van der Waals surface area contributed by atoms with Crippen molar-refractivity contribution >= 4 is 12.0 Å². The van der Waals surface area contributed by atoms with Crippen LogP contribution in [0.15, 0.2) is 42.5 Å². The smallest absolute Gasteiger partial charge is 0.303 e. The Balaban J connectivity index is 2.53. The monoisotopic (exact) mass is 400 g/mol. The standard InChI is InChI=1S/C26H40O3/c1-3-4-5-6-7-10-20-26(29-23(2)28)21-14-13-19-25-18-12-11-17-24(25)16-9-8-15-22-27/h11-14,17-19,21,26-27H,3-10,15-16,20,22H2,1-2H3/b19-13+,21-14+. The molecule has 0 radical (unpaired) electrons. The van der Waals surface area contributed by atoms with Crippen LogP contribution in [0.3, 0.4) is 0 Å². The number of aliphatic hydroxyl groups is 1. The van der Waals surface area contributed by atoms with E-state index in [1.54, 1.807) is 0 Å². The summed E-state index contributed by atoms with van der Waals surface area (Å²) in [6.07, 6.45) is 20.3. The van der Waals surface area contributed by atoms with Gasteiger partial charge in [0.2, 0.25) is 0 Å². The molecule has 0 aromatic heterocycles. The van der Waals surface area contributed by atoms with Gasteiger partial charge >= 0.3 is 5.97 Å². The predicted molar refractivity (Wildman–Crippen MR) is 123 cm³/mol. The molecule has 3 nitrogen and oxygen atoms in total. The van der Waals surface area contributed by atoms with Gasteiger partial charge in [-0.15, -0.1) is 0 Å². The van der Waals surface area contributed by atoms with Crippen molar-refractivity contribution in [2.24, 2.45) is 0 Å². The summed E-state index contributed by atoms with van der Waals surface area (Å²) < 4.78 is 5.45. The molecule has 1 aromatic carbocycles. The summed E-state index contributed by atoms with van der Waals surface area (Å²) in [4.78, 5) is 11.4. The lowest BCUT2D eigenvalue weighted by Crippen LogP contribution is -2.13. The Kier molecular flexibility index (Phi) is 14.8. The molecule has 162 valence electrons. The molecule has 1 atom stereocenters. The van der Waals surface area contributed by atoms with Crippen molar-refractivity contribution in [2.75, 3.05) is 6.61 Å². The molecule has 1 aromatic rings. The van der Waals surface area contributed by atoms with E-state index < -0.39 is 0 Å². The van der Waals surface area contributed by atoms with Crippen molar-refractivity contribution in [2.45, 2.75) is 90.6 Å². The largest absolute Gasteiger partial charge is 0.458 e. The van der Waals surface area contributed by atoms with Gasteiger partial charge in [-0.1, -0.05) is 87.9 Å². The molecule has 0 saturated heterocycles. The number of hydrogen-bond donors (Lipinski definition) is 1. The van der Waals surface area contributed by atoms with E-state index in [0.717, 1.165) is 38.5 Å². The minimum absolute atomic E-state index is 0.142. The van der Waals surface area contributed by atoms with Gasteiger partial charge in [0.05, 0.1) is 0 Å². The lowest BCUT2D eigenvalue weighted by atomic mass is 10.0. The predicted octanol–water partition coefficient (Wildman–Crippen LogP) is 6.64. The Hall–Kier alpha value is -1.87. The maximum absolute atomic E-state index is 11.4. The number of ether oxygens (including phenoxy) is 1. The van der Waals surface area contributed by atoms with E-state index in [2.05, 4.69) is 37.3 Å². The molecular weight excluding hydrogens is 360 g/mol. The molecule has 1 rings (SSSR count). The molecule has 29 heavy (non-hydrogen) atoms. The fourth-order valence-electron chi connectivity index (χ4n) is 3.41. The number of unbranched alkanes of at least 4 members (excludes halogenated alkanes) is 7. The summed E-state index contributed by atoms with van der Waals surface area (Å²) >= 11 is 0. The molecule has 3 heteroatoms. The number of allylic oxidation sites excluding steroid dienone is 2. The molecule has 0 fully saturated rings. The van der Waals surface area contributed by atoms with Gasteiger partial charge < -0.3 is 9.84 Å². The van der Waals surface area contributed by atoms with Crippen LogP contribution in [0.1, 0.15) is 89.2 Å². The third-order valence-corrected chi connectivity index (χ3v) is 5.03. The summed E-state index contributed by atoms with van der Waals surface area (Å²) in [5.74, 6) is -0.220. The third-order valence-electron chi connectivity index (χ3n) is 5.03. The molecule has 0 heterocycles. The van der Waals surface area contributed by atoms with Crippen LogP contribution in [0.25, 0.3) is 6.08 Å². The Bertz CT molecular complexity index is 604. The number of carbonyl (C=O) groups is 1. The fraction of sp³-hybridized carbons (Fsp3) is 0.577. The maximum atomic E-state index is 11.4. The average molecular weight is 401 g/mol. The van der Waals surface area contributed by atoms with E-state index >= 15 is 0 Å². The molecular formula is C26H40O3. The molecule has 1 N–H and O–H groups in total. The van der Waals surface area contributed by atoms with Crippen molar-refractivity contribution in [1.29, 1.82) is 0 Å².